The Kier molecular flexibility index (Phi) is 31.4. The number of phosphoric acid groups is 1. The van der Waals surface area contributed by atoms with Crippen LogP contribution in [0.25, 0.3) is 0 Å². The van der Waals surface area contributed by atoms with Crippen molar-refractivity contribution >= 4 is 19.8 Å². The fourth-order valence-corrected chi connectivity index (χ4v) is 7.88. The zero-order chi connectivity index (χ0) is 44.1. The first-order valence-corrected chi connectivity index (χ1v) is 24.7. The predicted molar refractivity (Wildman–Crippen MR) is 242 cm³/mol. The molecule has 10 heteroatoms. The maximum Gasteiger partial charge on any atom is 0.472 e. The third-order valence-corrected chi connectivity index (χ3v) is 12.1. The van der Waals surface area contributed by atoms with Crippen LogP contribution in [0.4, 0.5) is 0 Å². The second-order valence-corrected chi connectivity index (χ2v) is 21.5. The van der Waals surface area contributed by atoms with Crippen LogP contribution in [-0.2, 0) is 32.7 Å². The number of nitrogens with zero attached hydrogens (tertiary/aromatic N) is 1. The molecule has 342 valence electrons. The Balaban J connectivity index is 5.00. The number of allylic oxidation sites excluding steroid dienone is 2. The summed E-state index contributed by atoms with van der Waals surface area (Å²) in [6, 6.07) is 0. The fraction of sp³-hybridized carbons (Fsp3) is 0.875. The molecule has 0 bridgehead atoms. The lowest BCUT2D eigenvalue weighted by molar-refractivity contribution is -0.870. The zero-order valence-electron chi connectivity index (χ0n) is 40.0. The summed E-state index contributed by atoms with van der Waals surface area (Å²) in [6.45, 7) is 22.1. The van der Waals surface area contributed by atoms with Gasteiger partial charge in [0.05, 0.1) is 27.7 Å². The Morgan fingerprint density at radius 2 is 0.948 bits per heavy atom. The van der Waals surface area contributed by atoms with Crippen molar-refractivity contribution in [3.8, 4) is 0 Å². The number of carbonyl (C=O) groups excluding carboxylic acids is 2. The molecule has 0 aliphatic carbocycles. The van der Waals surface area contributed by atoms with Crippen molar-refractivity contribution in [2.75, 3.05) is 47.5 Å². The molecular formula is C48H93NO8P+. The molecule has 1 unspecified atom stereocenters. The maximum absolute atomic E-state index is 13.0. The molecule has 9 nitrogen and oxygen atoms in total. The average Bonchev–Trinajstić information content (AvgIpc) is 3.08. The van der Waals surface area contributed by atoms with Crippen LogP contribution >= 0.6 is 7.82 Å². The van der Waals surface area contributed by atoms with E-state index in [4.69, 9.17) is 18.5 Å². The van der Waals surface area contributed by atoms with E-state index in [2.05, 4.69) is 55.4 Å². The number of quaternary nitrogens is 1. The van der Waals surface area contributed by atoms with E-state index in [0.717, 1.165) is 73.3 Å². The van der Waals surface area contributed by atoms with Gasteiger partial charge in [0.2, 0.25) is 0 Å². The van der Waals surface area contributed by atoms with E-state index in [0.29, 0.717) is 22.9 Å². The molecule has 0 radical (unpaired) electrons. The molecule has 6 atom stereocenters. The molecule has 0 aliphatic rings. The summed E-state index contributed by atoms with van der Waals surface area (Å²) in [5, 5.41) is 0. The number of ether oxygens (including phenoxy) is 2. The van der Waals surface area contributed by atoms with Gasteiger partial charge < -0.3 is 18.9 Å². The van der Waals surface area contributed by atoms with E-state index in [1.807, 2.05) is 35.0 Å². The lowest BCUT2D eigenvalue weighted by Gasteiger charge is -2.24. The van der Waals surface area contributed by atoms with Gasteiger partial charge in [-0.3, -0.25) is 9.05 Å². The Hall–Kier alpha value is -1.51. The quantitative estimate of drug-likeness (QED) is 0.0287. The van der Waals surface area contributed by atoms with Gasteiger partial charge in [-0.2, -0.15) is 0 Å². The largest absolute Gasteiger partial charge is 0.472 e. The molecule has 0 aliphatic heterocycles. The molecular weight excluding hydrogens is 750 g/mol. The number of phosphoric ester groups is 1. The summed E-state index contributed by atoms with van der Waals surface area (Å²) < 4.78 is 34.6. The number of carbonyl (C=O) groups is 2. The second-order valence-electron chi connectivity index (χ2n) is 20.0. The Labute approximate surface area is 358 Å². The van der Waals surface area contributed by atoms with Crippen LogP contribution in [0.3, 0.4) is 0 Å². The van der Waals surface area contributed by atoms with Gasteiger partial charge in [0.25, 0.3) is 0 Å². The van der Waals surface area contributed by atoms with E-state index in [-0.39, 0.29) is 13.2 Å². The van der Waals surface area contributed by atoms with Gasteiger partial charge in [0, 0.05) is 12.2 Å². The minimum Gasteiger partial charge on any atom is -0.458 e. The van der Waals surface area contributed by atoms with Crippen molar-refractivity contribution in [1.82, 2.24) is 0 Å². The normalized spacial score (nSPS) is 16.6. The third-order valence-electron chi connectivity index (χ3n) is 11.1. The van der Waals surface area contributed by atoms with Crippen LogP contribution in [0.1, 0.15) is 185 Å². The molecule has 0 aromatic heterocycles. The lowest BCUT2D eigenvalue weighted by atomic mass is 9.91. The monoisotopic (exact) mass is 843 g/mol. The van der Waals surface area contributed by atoms with Gasteiger partial charge in [0.15, 0.2) is 6.10 Å². The minimum atomic E-state index is -4.43. The molecule has 0 heterocycles. The summed E-state index contributed by atoms with van der Waals surface area (Å²) in [4.78, 5) is 36.0. The predicted octanol–water partition coefficient (Wildman–Crippen LogP) is 13.1. The van der Waals surface area contributed by atoms with Crippen molar-refractivity contribution in [3.05, 3.63) is 23.3 Å². The van der Waals surface area contributed by atoms with Gasteiger partial charge in [-0.05, 0) is 75.0 Å². The van der Waals surface area contributed by atoms with Gasteiger partial charge >= 0.3 is 19.8 Å². The zero-order valence-corrected chi connectivity index (χ0v) is 40.8. The number of rotatable bonds is 36. The molecule has 0 saturated heterocycles. The van der Waals surface area contributed by atoms with Crippen LogP contribution in [0, 0.1) is 35.5 Å². The van der Waals surface area contributed by atoms with Crippen molar-refractivity contribution in [2.24, 2.45) is 35.5 Å². The Bertz CT molecular complexity index is 1190. The van der Waals surface area contributed by atoms with E-state index in [9.17, 15) is 19.0 Å². The van der Waals surface area contributed by atoms with Gasteiger partial charge in [-0.1, -0.05) is 156 Å². The molecule has 0 aromatic rings. The van der Waals surface area contributed by atoms with Gasteiger partial charge in [0.1, 0.15) is 19.8 Å². The Morgan fingerprint density at radius 3 is 1.34 bits per heavy atom. The van der Waals surface area contributed by atoms with Crippen molar-refractivity contribution in [3.63, 3.8) is 0 Å². The minimum absolute atomic E-state index is 0.00938. The highest BCUT2D eigenvalue weighted by molar-refractivity contribution is 7.47. The summed E-state index contributed by atoms with van der Waals surface area (Å²) >= 11 is 0. The fourth-order valence-electron chi connectivity index (χ4n) is 7.14. The molecule has 0 rings (SSSR count). The van der Waals surface area contributed by atoms with E-state index < -0.39 is 32.5 Å². The Morgan fingerprint density at radius 1 is 0.569 bits per heavy atom. The van der Waals surface area contributed by atoms with Crippen molar-refractivity contribution in [1.29, 1.82) is 0 Å². The highest BCUT2D eigenvalue weighted by Crippen LogP contribution is 2.43. The summed E-state index contributed by atoms with van der Waals surface area (Å²) in [7, 11) is 1.40. The van der Waals surface area contributed by atoms with Gasteiger partial charge in [-0.25, -0.2) is 14.2 Å². The van der Waals surface area contributed by atoms with Crippen molar-refractivity contribution in [2.45, 2.75) is 191 Å². The SMILES string of the molecule is C/C(=C\C(=O)OC[C@H](COP(=O)(O)OCC[N+](C)(C)C)OC(=O)/C=C(\C)CCC[C@H](C)CCC[C@H](C)CCCC(C)C)CCC[C@H](C)CCC[C@H](C)CCCC(C)C. The smallest absolute Gasteiger partial charge is 0.458 e. The second kappa shape index (κ2) is 32.2. The molecule has 0 fully saturated rings. The summed E-state index contributed by atoms with van der Waals surface area (Å²) in [5.74, 6) is 3.26. The molecule has 0 amide bonds. The first kappa shape index (κ1) is 56.5. The first-order chi connectivity index (χ1) is 27.1. The molecule has 1 N–H and O–H groups in total. The highest BCUT2D eigenvalue weighted by Gasteiger charge is 2.27. The standard InChI is InChI=1S/C48H92NO8P/c1-38(2)20-14-22-40(5)24-16-26-42(7)28-18-30-44(9)34-47(50)54-36-46(37-56-58(52,53)55-33-32-49(11,12)13)57-48(51)35-45(10)31-19-29-43(8)27-17-25-41(6)23-15-21-39(3)4/h34-35,38-43,46H,14-33,36-37H2,1-13H3/p+1/b44-34+,45-35+/t40-,41-,42-,43-,46-/m1/s1. The number of esters is 2. The molecule has 0 spiro atoms. The average molecular weight is 843 g/mol. The van der Waals surface area contributed by atoms with Crippen LogP contribution < -0.4 is 0 Å². The van der Waals surface area contributed by atoms with Crippen LogP contribution in [-0.4, -0.2) is 74.9 Å². The number of hydrogen-bond acceptors (Lipinski definition) is 7. The topological polar surface area (TPSA) is 108 Å². The molecule has 58 heavy (non-hydrogen) atoms. The highest BCUT2D eigenvalue weighted by atomic mass is 31.2. The van der Waals surface area contributed by atoms with E-state index >= 15 is 0 Å². The van der Waals surface area contributed by atoms with Crippen LogP contribution in [0.15, 0.2) is 23.3 Å². The number of likely N-dealkylation sites (N-methyl/N-ethyl adjacent to an activating group) is 1. The third kappa shape index (κ3) is 36.4. The van der Waals surface area contributed by atoms with E-state index in [1.165, 1.54) is 89.2 Å². The van der Waals surface area contributed by atoms with Crippen molar-refractivity contribution < 1.29 is 42.1 Å². The van der Waals surface area contributed by atoms with Crippen LogP contribution in [0.2, 0.25) is 0 Å². The van der Waals surface area contributed by atoms with E-state index in [1.54, 1.807) is 0 Å². The first-order valence-electron chi connectivity index (χ1n) is 23.2. The molecule has 0 aromatic carbocycles. The van der Waals surface area contributed by atoms with Crippen LogP contribution in [0.5, 0.6) is 0 Å². The maximum atomic E-state index is 13.0. The summed E-state index contributed by atoms with van der Waals surface area (Å²) in [6.07, 6.45) is 23.1. The molecule has 0 saturated carbocycles. The lowest BCUT2D eigenvalue weighted by Crippen LogP contribution is -2.37. The summed E-state index contributed by atoms with van der Waals surface area (Å²) in [5.41, 5.74) is 1.81. The van der Waals surface area contributed by atoms with Gasteiger partial charge in [-0.15, -0.1) is 0 Å². The number of hydrogen-bond donors (Lipinski definition) is 1.